The van der Waals surface area contributed by atoms with Gasteiger partial charge in [-0.15, -0.1) is 11.8 Å². The molecule has 1 fully saturated rings. The minimum atomic E-state index is -3.25. The summed E-state index contributed by atoms with van der Waals surface area (Å²) in [6.07, 6.45) is 2.64. The van der Waals surface area contributed by atoms with Crippen LogP contribution in [-0.4, -0.2) is 55.7 Å². The van der Waals surface area contributed by atoms with Crippen molar-refractivity contribution in [3.8, 4) is 0 Å². The molecule has 0 radical (unpaired) electrons. The Kier molecular flexibility index (Phi) is 4.84. The number of hydrogen-bond donors (Lipinski definition) is 2. The van der Waals surface area contributed by atoms with Crippen LogP contribution in [0.4, 0.5) is 5.69 Å². The summed E-state index contributed by atoms with van der Waals surface area (Å²) in [6.45, 7) is 0.787. The minimum Gasteiger partial charge on any atom is -0.348 e. The van der Waals surface area contributed by atoms with Crippen molar-refractivity contribution < 1.29 is 18.0 Å². The first-order valence-corrected chi connectivity index (χ1v) is 10.5. The quantitative estimate of drug-likeness (QED) is 0.825. The van der Waals surface area contributed by atoms with Gasteiger partial charge in [-0.1, -0.05) is 0 Å². The summed E-state index contributed by atoms with van der Waals surface area (Å²) in [5, 5.41) is 5.65. The molecule has 24 heavy (non-hydrogen) atoms. The molecule has 9 heteroatoms. The van der Waals surface area contributed by atoms with Gasteiger partial charge in [-0.2, -0.15) is 0 Å². The van der Waals surface area contributed by atoms with E-state index >= 15 is 0 Å². The number of benzene rings is 1. The first kappa shape index (κ1) is 17.2. The first-order valence-electron chi connectivity index (χ1n) is 7.65. The van der Waals surface area contributed by atoms with Crippen LogP contribution in [0.25, 0.3) is 0 Å². The zero-order valence-corrected chi connectivity index (χ0v) is 14.9. The maximum absolute atomic E-state index is 12.4. The van der Waals surface area contributed by atoms with Gasteiger partial charge >= 0.3 is 0 Å². The number of carbonyl (C=O) groups is 2. The number of hydrogen-bond acceptors (Lipinski definition) is 5. The van der Waals surface area contributed by atoms with Gasteiger partial charge in [0.15, 0.2) is 0 Å². The van der Waals surface area contributed by atoms with Crippen molar-refractivity contribution in [1.29, 1.82) is 0 Å². The number of piperidine rings is 1. The van der Waals surface area contributed by atoms with Crippen LogP contribution in [0, 0.1) is 0 Å². The Balaban J connectivity index is 1.69. The van der Waals surface area contributed by atoms with Gasteiger partial charge in [0.25, 0.3) is 5.91 Å². The summed E-state index contributed by atoms with van der Waals surface area (Å²) in [5.74, 6) is 0.0335. The van der Waals surface area contributed by atoms with Crippen molar-refractivity contribution in [2.75, 3.05) is 30.4 Å². The number of nitrogens with zero attached hydrogens (tertiary/aromatic N) is 1. The molecule has 0 saturated carbocycles. The van der Waals surface area contributed by atoms with Gasteiger partial charge in [-0.3, -0.25) is 9.59 Å². The Labute approximate surface area is 145 Å². The highest BCUT2D eigenvalue weighted by Gasteiger charge is 2.27. The van der Waals surface area contributed by atoms with E-state index in [-0.39, 0.29) is 17.9 Å². The largest absolute Gasteiger partial charge is 0.348 e. The lowest BCUT2D eigenvalue weighted by Gasteiger charge is -2.31. The Morgan fingerprint density at radius 3 is 2.96 bits per heavy atom. The smallest absolute Gasteiger partial charge is 0.251 e. The zero-order valence-electron chi connectivity index (χ0n) is 13.2. The third kappa shape index (κ3) is 3.90. The number of fused-ring (bicyclic) bond motifs is 1. The monoisotopic (exact) mass is 369 g/mol. The van der Waals surface area contributed by atoms with E-state index in [1.807, 2.05) is 6.07 Å². The highest BCUT2D eigenvalue weighted by molar-refractivity contribution is 8.00. The number of carbonyl (C=O) groups excluding carboxylic acids is 2. The summed E-state index contributed by atoms with van der Waals surface area (Å²) in [7, 11) is -3.25. The fourth-order valence-corrected chi connectivity index (χ4v) is 4.55. The van der Waals surface area contributed by atoms with Crippen molar-refractivity contribution in [3.63, 3.8) is 0 Å². The normalized spacial score (nSPS) is 21.7. The molecule has 0 aliphatic carbocycles. The van der Waals surface area contributed by atoms with Crippen LogP contribution in [0.5, 0.6) is 0 Å². The van der Waals surface area contributed by atoms with E-state index in [4.69, 9.17) is 0 Å². The summed E-state index contributed by atoms with van der Waals surface area (Å²) in [5.41, 5.74) is 1.10. The predicted molar refractivity (Wildman–Crippen MR) is 92.7 cm³/mol. The van der Waals surface area contributed by atoms with Gasteiger partial charge in [0.1, 0.15) is 0 Å². The van der Waals surface area contributed by atoms with Crippen LogP contribution in [0.1, 0.15) is 23.2 Å². The van der Waals surface area contributed by atoms with Gasteiger partial charge in [-0.05, 0) is 31.0 Å². The molecule has 1 unspecified atom stereocenters. The molecule has 2 aliphatic heterocycles. The van der Waals surface area contributed by atoms with Crippen LogP contribution < -0.4 is 10.6 Å². The molecule has 3 rings (SSSR count). The molecule has 2 aliphatic rings. The van der Waals surface area contributed by atoms with Crippen molar-refractivity contribution in [1.82, 2.24) is 9.62 Å². The number of anilines is 1. The third-order valence-corrected chi connectivity index (χ3v) is 6.41. The number of thioether (sulfide) groups is 1. The van der Waals surface area contributed by atoms with Gasteiger partial charge < -0.3 is 10.6 Å². The SMILES string of the molecule is CS(=O)(=O)N1CCCC(NC(=O)c2ccc3c(c2)NC(=O)CS3)C1. The molecule has 0 spiro atoms. The molecule has 1 saturated heterocycles. The lowest BCUT2D eigenvalue weighted by Crippen LogP contribution is -2.49. The average molecular weight is 369 g/mol. The standard InChI is InChI=1S/C15H19N3O4S2/c1-24(21,22)18-6-2-3-11(8-18)16-15(20)10-4-5-13-12(7-10)17-14(19)9-23-13/h4-5,7,11H,2-3,6,8-9H2,1H3,(H,16,20)(H,17,19). The lowest BCUT2D eigenvalue weighted by molar-refractivity contribution is -0.113. The second-order valence-electron chi connectivity index (χ2n) is 5.98. The molecular weight excluding hydrogens is 350 g/mol. The van der Waals surface area contributed by atoms with E-state index in [0.717, 1.165) is 17.7 Å². The molecule has 1 atom stereocenters. The summed E-state index contributed by atoms with van der Waals surface area (Å²) < 4.78 is 24.7. The van der Waals surface area contributed by atoms with Crippen LogP contribution in [0.3, 0.4) is 0 Å². The molecule has 130 valence electrons. The second-order valence-corrected chi connectivity index (χ2v) is 8.98. The predicted octanol–water partition coefficient (Wildman–Crippen LogP) is 0.885. The Hall–Kier alpha value is -1.58. The van der Waals surface area contributed by atoms with Gasteiger partial charge in [-0.25, -0.2) is 12.7 Å². The average Bonchev–Trinajstić information content (AvgIpc) is 2.53. The Bertz CT molecular complexity index is 779. The fourth-order valence-electron chi connectivity index (χ4n) is 2.85. The summed E-state index contributed by atoms with van der Waals surface area (Å²) >= 11 is 1.44. The molecule has 0 bridgehead atoms. The number of sulfonamides is 1. The van der Waals surface area contributed by atoms with E-state index < -0.39 is 10.0 Å². The Morgan fingerprint density at radius 2 is 2.21 bits per heavy atom. The highest BCUT2D eigenvalue weighted by atomic mass is 32.2. The van der Waals surface area contributed by atoms with Gasteiger partial charge in [0.2, 0.25) is 15.9 Å². The van der Waals surface area contributed by atoms with Crippen LogP contribution >= 0.6 is 11.8 Å². The van der Waals surface area contributed by atoms with Crippen LogP contribution in [0.2, 0.25) is 0 Å². The van der Waals surface area contributed by atoms with Gasteiger partial charge in [0.05, 0.1) is 17.7 Å². The van der Waals surface area contributed by atoms with Crippen LogP contribution in [0.15, 0.2) is 23.1 Å². The maximum Gasteiger partial charge on any atom is 0.251 e. The maximum atomic E-state index is 12.4. The Morgan fingerprint density at radius 1 is 1.42 bits per heavy atom. The molecule has 2 N–H and O–H groups in total. The molecule has 0 aromatic heterocycles. The fraction of sp³-hybridized carbons (Fsp3) is 0.467. The molecule has 7 nitrogen and oxygen atoms in total. The number of nitrogens with one attached hydrogen (secondary N) is 2. The molecule has 2 heterocycles. The molecule has 2 amide bonds. The van der Waals surface area contributed by atoms with Crippen molar-refractivity contribution in [2.24, 2.45) is 0 Å². The number of rotatable bonds is 3. The van der Waals surface area contributed by atoms with E-state index in [1.54, 1.807) is 12.1 Å². The van der Waals surface area contributed by atoms with E-state index in [0.29, 0.717) is 30.1 Å². The summed E-state index contributed by atoms with van der Waals surface area (Å²) in [6, 6.07) is 4.99. The van der Waals surface area contributed by atoms with E-state index in [1.165, 1.54) is 22.3 Å². The first-order chi connectivity index (χ1) is 11.3. The van der Waals surface area contributed by atoms with Crippen molar-refractivity contribution >= 4 is 39.3 Å². The van der Waals surface area contributed by atoms with E-state index in [9.17, 15) is 18.0 Å². The number of amides is 2. The summed E-state index contributed by atoms with van der Waals surface area (Å²) in [4.78, 5) is 24.8. The second kappa shape index (κ2) is 6.73. The van der Waals surface area contributed by atoms with E-state index in [2.05, 4.69) is 10.6 Å². The zero-order chi connectivity index (χ0) is 17.3. The highest BCUT2D eigenvalue weighted by Crippen LogP contribution is 2.32. The minimum absolute atomic E-state index is 0.0823. The molecular formula is C15H19N3O4S2. The van der Waals surface area contributed by atoms with Crippen LogP contribution in [-0.2, 0) is 14.8 Å². The van der Waals surface area contributed by atoms with Gasteiger partial charge in [0, 0.05) is 29.6 Å². The topological polar surface area (TPSA) is 95.6 Å². The van der Waals surface area contributed by atoms with Crippen molar-refractivity contribution in [2.45, 2.75) is 23.8 Å². The third-order valence-electron chi connectivity index (χ3n) is 4.06. The molecule has 1 aromatic carbocycles. The van der Waals surface area contributed by atoms with Crippen molar-refractivity contribution in [3.05, 3.63) is 23.8 Å². The molecule has 1 aromatic rings. The lowest BCUT2D eigenvalue weighted by atomic mass is 10.1.